The number of hydrogen-bond donors (Lipinski definition) is 0. The van der Waals surface area contributed by atoms with Crippen LogP contribution in [0.3, 0.4) is 0 Å². The van der Waals surface area contributed by atoms with Gasteiger partial charge in [-0.05, 0) is 68.8 Å². The summed E-state index contributed by atoms with van der Waals surface area (Å²) < 4.78 is 5.65. The standard InChI is InChI=1S/C16H19O/c1-6-17-15-9-11(3)13(5)16-12(4)7-10(2)8-14(15)16/h7-9H,1,6H2,2-5H3. The summed E-state index contributed by atoms with van der Waals surface area (Å²) in [6.07, 6.45) is 0. The number of ether oxygens (including phenoxy) is 1. The number of fused-ring (bicyclic) bond motifs is 1. The molecule has 89 valence electrons. The van der Waals surface area contributed by atoms with Gasteiger partial charge in [0.15, 0.2) is 0 Å². The summed E-state index contributed by atoms with van der Waals surface area (Å²) in [6, 6.07) is 6.53. The van der Waals surface area contributed by atoms with Crippen molar-refractivity contribution in [1.29, 1.82) is 0 Å². The Balaban J connectivity index is 2.88. The molecule has 0 saturated heterocycles. The van der Waals surface area contributed by atoms with E-state index in [1.807, 2.05) is 0 Å². The van der Waals surface area contributed by atoms with Gasteiger partial charge in [-0.25, -0.2) is 0 Å². The molecule has 0 aromatic heterocycles. The third-order valence-corrected chi connectivity index (χ3v) is 3.32. The molecule has 0 atom stereocenters. The lowest BCUT2D eigenvalue weighted by atomic mass is 9.94. The van der Waals surface area contributed by atoms with Gasteiger partial charge < -0.3 is 4.74 Å². The van der Waals surface area contributed by atoms with Gasteiger partial charge in [-0.15, -0.1) is 0 Å². The highest BCUT2D eigenvalue weighted by Gasteiger charge is 2.10. The van der Waals surface area contributed by atoms with Gasteiger partial charge in [0.2, 0.25) is 0 Å². The van der Waals surface area contributed by atoms with E-state index in [1.54, 1.807) is 0 Å². The lowest BCUT2D eigenvalue weighted by molar-refractivity contribution is 0.365. The van der Waals surface area contributed by atoms with Crippen LogP contribution < -0.4 is 4.74 Å². The van der Waals surface area contributed by atoms with Crippen LogP contribution in [0.2, 0.25) is 0 Å². The maximum atomic E-state index is 5.65. The van der Waals surface area contributed by atoms with Gasteiger partial charge in [-0.1, -0.05) is 11.6 Å². The van der Waals surface area contributed by atoms with Gasteiger partial charge in [0, 0.05) is 5.39 Å². The van der Waals surface area contributed by atoms with Gasteiger partial charge >= 0.3 is 0 Å². The molecular weight excluding hydrogens is 208 g/mol. The van der Waals surface area contributed by atoms with Gasteiger partial charge in [0.05, 0.1) is 6.61 Å². The van der Waals surface area contributed by atoms with Crippen LogP contribution in [0.4, 0.5) is 0 Å². The molecule has 0 unspecified atom stereocenters. The van der Waals surface area contributed by atoms with Crippen molar-refractivity contribution in [3.63, 3.8) is 0 Å². The molecule has 0 saturated carbocycles. The molecule has 2 aromatic rings. The number of rotatable bonds is 2. The monoisotopic (exact) mass is 227 g/mol. The molecule has 0 aliphatic heterocycles. The Kier molecular flexibility index (Phi) is 3.10. The Morgan fingerprint density at radius 3 is 2.35 bits per heavy atom. The fraction of sp³-hybridized carbons (Fsp3) is 0.312. The Hall–Kier alpha value is -1.50. The fourth-order valence-electron chi connectivity index (χ4n) is 2.47. The molecule has 1 heteroatoms. The quantitative estimate of drug-likeness (QED) is 0.743. The first-order chi connectivity index (χ1) is 8.04. The van der Waals surface area contributed by atoms with E-state index >= 15 is 0 Å². The highest BCUT2D eigenvalue weighted by atomic mass is 16.5. The van der Waals surface area contributed by atoms with Crippen LogP contribution in [-0.2, 0) is 0 Å². The minimum absolute atomic E-state index is 0.463. The van der Waals surface area contributed by atoms with Crippen LogP contribution in [0.5, 0.6) is 5.75 Å². The molecule has 1 nitrogen and oxygen atoms in total. The molecule has 0 fully saturated rings. The molecular formula is C16H19O. The largest absolute Gasteiger partial charge is 0.493 e. The van der Waals surface area contributed by atoms with Gasteiger partial charge in [-0.3, -0.25) is 0 Å². The Morgan fingerprint density at radius 1 is 1.00 bits per heavy atom. The first-order valence-electron chi connectivity index (χ1n) is 5.97. The van der Waals surface area contributed by atoms with Crippen LogP contribution in [-0.4, -0.2) is 6.61 Å². The van der Waals surface area contributed by atoms with Gasteiger partial charge in [0.1, 0.15) is 5.75 Å². The summed E-state index contributed by atoms with van der Waals surface area (Å²) in [6.45, 7) is 12.8. The zero-order valence-electron chi connectivity index (χ0n) is 11.1. The first kappa shape index (κ1) is 12.0. The number of benzene rings is 2. The molecule has 1 radical (unpaired) electrons. The molecule has 2 aromatic carbocycles. The molecule has 0 aliphatic carbocycles. The smallest absolute Gasteiger partial charge is 0.127 e. The van der Waals surface area contributed by atoms with Gasteiger partial charge in [0.25, 0.3) is 0 Å². The highest BCUT2D eigenvalue weighted by Crippen LogP contribution is 2.34. The summed E-state index contributed by atoms with van der Waals surface area (Å²) >= 11 is 0. The minimum atomic E-state index is 0.463. The molecule has 0 aliphatic rings. The predicted molar refractivity (Wildman–Crippen MR) is 73.7 cm³/mol. The lowest BCUT2D eigenvalue weighted by Gasteiger charge is -2.15. The van der Waals surface area contributed by atoms with E-state index in [1.165, 1.54) is 33.0 Å². The molecule has 0 heterocycles. The van der Waals surface area contributed by atoms with Crippen molar-refractivity contribution in [1.82, 2.24) is 0 Å². The Morgan fingerprint density at radius 2 is 1.71 bits per heavy atom. The third kappa shape index (κ3) is 2.02. The van der Waals surface area contributed by atoms with Crippen LogP contribution in [0.25, 0.3) is 10.8 Å². The second-order valence-electron chi connectivity index (χ2n) is 4.67. The van der Waals surface area contributed by atoms with Crippen LogP contribution in [0.15, 0.2) is 18.2 Å². The van der Waals surface area contributed by atoms with Crippen molar-refractivity contribution in [2.24, 2.45) is 0 Å². The second kappa shape index (κ2) is 4.40. The van der Waals surface area contributed by atoms with Crippen LogP contribution >= 0.6 is 0 Å². The van der Waals surface area contributed by atoms with E-state index in [2.05, 4.69) is 52.8 Å². The van der Waals surface area contributed by atoms with Crippen molar-refractivity contribution in [2.75, 3.05) is 6.61 Å². The molecule has 0 spiro atoms. The SMILES string of the molecule is [CH2]COc1cc(C)c(C)c2c(C)cc(C)cc12. The summed E-state index contributed by atoms with van der Waals surface area (Å²) in [5.41, 5.74) is 5.20. The number of aryl methyl sites for hydroxylation is 4. The summed E-state index contributed by atoms with van der Waals surface area (Å²) in [5, 5.41) is 2.52. The van der Waals surface area contributed by atoms with Crippen molar-refractivity contribution in [2.45, 2.75) is 27.7 Å². The Labute approximate surface area is 103 Å². The summed E-state index contributed by atoms with van der Waals surface area (Å²) in [4.78, 5) is 0. The van der Waals surface area contributed by atoms with Crippen molar-refractivity contribution in [3.05, 3.63) is 47.4 Å². The molecule has 0 N–H and O–H groups in total. The van der Waals surface area contributed by atoms with Crippen molar-refractivity contribution >= 4 is 10.8 Å². The molecule has 0 bridgehead atoms. The van der Waals surface area contributed by atoms with E-state index in [9.17, 15) is 0 Å². The first-order valence-corrected chi connectivity index (χ1v) is 5.97. The number of hydrogen-bond acceptors (Lipinski definition) is 1. The van der Waals surface area contributed by atoms with Crippen LogP contribution in [0.1, 0.15) is 22.3 Å². The van der Waals surface area contributed by atoms with E-state index in [0.29, 0.717) is 6.61 Å². The average Bonchev–Trinajstić information content (AvgIpc) is 2.25. The molecule has 17 heavy (non-hydrogen) atoms. The lowest BCUT2D eigenvalue weighted by Crippen LogP contribution is -1.97. The zero-order chi connectivity index (χ0) is 12.6. The van der Waals surface area contributed by atoms with Crippen molar-refractivity contribution in [3.8, 4) is 5.75 Å². The second-order valence-corrected chi connectivity index (χ2v) is 4.67. The topological polar surface area (TPSA) is 9.23 Å². The fourth-order valence-corrected chi connectivity index (χ4v) is 2.47. The Bertz CT molecular complexity index is 567. The zero-order valence-corrected chi connectivity index (χ0v) is 11.1. The minimum Gasteiger partial charge on any atom is -0.493 e. The predicted octanol–water partition coefficient (Wildman–Crippen LogP) is 4.29. The van der Waals surface area contributed by atoms with E-state index in [4.69, 9.17) is 4.74 Å². The molecule has 0 amide bonds. The summed E-state index contributed by atoms with van der Waals surface area (Å²) in [5.74, 6) is 0.949. The summed E-state index contributed by atoms with van der Waals surface area (Å²) in [7, 11) is 0. The van der Waals surface area contributed by atoms with E-state index in [0.717, 1.165) is 5.75 Å². The van der Waals surface area contributed by atoms with E-state index in [-0.39, 0.29) is 0 Å². The maximum absolute atomic E-state index is 5.65. The van der Waals surface area contributed by atoms with Crippen molar-refractivity contribution < 1.29 is 4.74 Å². The maximum Gasteiger partial charge on any atom is 0.127 e. The highest BCUT2D eigenvalue weighted by molar-refractivity contribution is 5.94. The third-order valence-electron chi connectivity index (χ3n) is 3.32. The normalized spacial score (nSPS) is 10.9. The van der Waals surface area contributed by atoms with E-state index < -0.39 is 0 Å². The van der Waals surface area contributed by atoms with Gasteiger partial charge in [-0.2, -0.15) is 0 Å². The molecule has 2 rings (SSSR count). The van der Waals surface area contributed by atoms with Crippen LogP contribution in [0, 0.1) is 34.6 Å². The average molecular weight is 227 g/mol.